The Morgan fingerprint density at radius 2 is 1.18 bits per heavy atom. The highest BCUT2D eigenvalue weighted by molar-refractivity contribution is 7.91. The smallest absolute Gasteiger partial charge is 0.206 e. The van der Waals surface area contributed by atoms with Crippen molar-refractivity contribution in [1.29, 1.82) is 0 Å². The Hall–Kier alpha value is -6.12. The Balaban J connectivity index is 1.39. The standard InChI is InChI=1S/C42H32N2O5S/c1-27-17-22-38(44-36-13-7-9-15-39(36)49-40-16-10-8-14-37(40)44)42-41(27)34(29-23-30(47-2)25-31(24-29)48-3)26-35(43-42)28-18-20-33(21-19-28)50(45,46)32-11-5-4-6-12-32/h4-26H,1-3H3. The SMILES string of the molecule is COc1cc(OC)cc(-c2cc(-c3ccc(S(=O)(=O)c4ccccc4)cc3)nc3c(N4c5ccccc5Oc5ccccc54)ccc(C)c23)c1. The third-order valence-corrected chi connectivity index (χ3v) is 10.8. The minimum absolute atomic E-state index is 0.212. The van der Waals surface area contributed by atoms with Crippen LogP contribution in [0.1, 0.15) is 5.56 Å². The molecule has 0 aliphatic carbocycles. The molecule has 0 spiro atoms. The lowest BCUT2D eigenvalue weighted by atomic mass is 9.94. The third kappa shape index (κ3) is 5.30. The largest absolute Gasteiger partial charge is 0.497 e. The Labute approximate surface area is 290 Å². The van der Waals surface area contributed by atoms with E-state index in [0.29, 0.717) is 17.2 Å². The van der Waals surface area contributed by atoms with E-state index in [0.717, 1.165) is 61.7 Å². The molecule has 1 aliphatic rings. The lowest BCUT2D eigenvalue weighted by molar-refractivity contribution is 0.394. The van der Waals surface area contributed by atoms with Crippen LogP contribution in [0.3, 0.4) is 0 Å². The first kappa shape index (κ1) is 31.2. The summed E-state index contributed by atoms with van der Waals surface area (Å²) in [6, 6.07) is 43.4. The van der Waals surface area contributed by atoms with E-state index < -0.39 is 9.84 Å². The van der Waals surface area contributed by atoms with E-state index in [9.17, 15) is 8.42 Å². The minimum Gasteiger partial charge on any atom is -0.497 e. The van der Waals surface area contributed by atoms with Crippen molar-refractivity contribution >= 4 is 37.8 Å². The van der Waals surface area contributed by atoms with Crippen molar-refractivity contribution in [3.05, 3.63) is 145 Å². The Morgan fingerprint density at radius 3 is 1.80 bits per heavy atom. The molecule has 8 rings (SSSR count). The Morgan fingerprint density at radius 1 is 0.600 bits per heavy atom. The molecule has 0 saturated heterocycles. The van der Waals surface area contributed by atoms with Gasteiger partial charge in [0.25, 0.3) is 0 Å². The van der Waals surface area contributed by atoms with Crippen molar-refractivity contribution in [2.45, 2.75) is 16.7 Å². The molecule has 0 unspecified atom stereocenters. The second kappa shape index (κ2) is 12.4. The topological polar surface area (TPSA) is 78.0 Å². The molecule has 0 N–H and O–H groups in total. The van der Waals surface area contributed by atoms with Crippen LogP contribution in [0.25, 0.3) is 33.3 Å². The fourth-order valence-corrected chi connectivity index (χ4v) is 7.80. The number of benzene rings is 6. The van der Waals surface area contributed by atoms with E-state index >= 15 is 0 Å². The van der Waals surface area contributed by atoms with Crippen LogP contribution in [0.2, 0.25) is 0 Å². The summed E-state index contributed by atoms with van der Waals surface area (Å²) in [7, 11) is -0.419. The molecule has 7 aromatic rings. The number of ether oxygens (including phenoxy) is 3. The molecule has 1 aromatic heterocycles. The quantitative estimate of drug-likeness (QED) is 0.166. The summed E-state index contributed by atoms with van der Waals surface area (Å²) in [6.07, 6.45) is 0. The van der Waals surface area contributed by atoms with Gasteiger partial charge in [0.15, 0.2) is 11.5 Å². The van der Waals surface area contributed by atoms with E-state index in [1.807, 2.05) is 78.9 Å². The number of fused-ring (bicyclic) bond motifs is 3. The number of methoxy groups -OCH3 is 2. The van der Waals surface area contributed by atoms with E-state index in [-0.39, 0.29) is 9.79 Å². The van der Waals surface area contributed by atoms with Crippen molar-refractivity contribution < 1.29 is 22.6 Å². The summed E-state index contributed by atoms with van der Waals surface area (Å²) in [5.41, 5.74) is 7.73. The molecule has 50 heavy (non-hydrogen) atoms. The summed E-state index contributed by atoms with van der Waals surface area (Å²) < 4.78 is 44.5. The Kier molecular flexibility index (Phi) is 7.73. The maximum Gasteiger partial charge on any atom is 0.206 e. The highest BCUT2D eigenvalue weighted by atomic mass is 32.2. The number of rotatable bonds is 7. The van der Waals surface area contributed by atoms with Gasteiger partial charge < -0.3 is 19.1 Å². The van der Waals surface area contributed by atoms with Crippen LogP contribution < -0.4 is 19.1 Å². The van der Waals surface area contributed by atoms with Crippen LogP contribution in [0.4, 0.5) is 17.1 Å². The predicted octanol–water partition coefficient (Wildman–Crippen LogP) is 10.3. The zero-order chi connectivity index (χ0) is 34.4. The highest BCUT2D eigenvalue weighted by Crippen LogP contribution is 2.52. The summed E-state index contributed by atoms with van der Waals surface area (Å²) >= 11 is 0. The molecule has 0 bridgehead atoms. The number of hydrogen-bond acceptors (Lipinski definition) is 7. The fourth-order valence-electron chi connectivity index (χ4n) is 6.52. The van der Waals surface area contributed by atoms with Crippen molar-refractivity contribution in [3.63, 3.8) is 0 Å². The summed E-state index contributed by atoms with van der Waals surface area (Å²) in [6.45, 7) is 2.08. The number of sulfone groups is 1. The van der Waals surface area contributed by atoms with Gasteiger partial charge in [-0.1, -0.05) is 60.7 Å². The van der Waals surface area contributed by atoms with Crippen LogP contribution in [0, 0.1) is 6.92 Å². The Bertz CT molecular complexity index is 2450. The average Bonchev–Trinajstić information content (AvgIpc) is 3.17. The molecule has 0 fully saturated rings. The van der Waals surface area contributed by atoms with Crippen molar-refractivity contribution in [2.24, 2.45) is 0 Å². The van der Waals surface area contributed by atoms with Gasteiger partial charge in [0, 0.05) is 17.0 Å². The first-order valence-corrected chi connectivity index (χ1v) is 17.6. The fraction of sp³-hybridized carbons (Fsp3) is 0.0714. The molecule has 6 aromatic carbocycles. The number of anilines is 3. The van der Waals surface area contributed by atoms with Gasteiger partial charge in [0.2, 0.25) is 9.84 Å². The van der Waals surface area contributed by atoms with E-state index in [1.165, 1.54) is 0 Å². The highest BCUT2D eigenvalue weighted by Gasteiger charge is 2.28. The average molecular weight is 677 g/mol. The van der Waals surface area contributed by atoms with Crippen LogP contribution in [-0.2, 0) is 9.84 Å². The second-order valence-electron chi connectivity index (χ2n) is 12.0. The molecule has 2 heterocycles. The molecule has 0 atom stereocenters. The molecule has 8 heteroatoms. The predicted molar refractivity (Wildman–Crippen MR) is 197 cm³/mol. The minimum atomic E-state index is -3.69. The monoisotopic (exact) mass is 676 g/mol. The van der Waals surface area contributed by atoms with Crippen LogP contribution >= 0.6 is 0 Å². The number of pyridine rings is 1. The van der Waals surface area contributed by atoms with Crippen molar-refractivity contribution in [1.82, 2.24) is 4.98 Å². The van der Waals surface area contributed by atoms with E-state index in [2.05, 4.69) is 30.0 Å². The summed E-state index contributed by atoms with van der Waals surface area (Å²) in [5, 5.41) is 0.964. The van der Waals surface area contributed by atoms with Gasteiger partial charge in [-0.2, -0.15) is 0 Å². The van der Waals surface area contributed by atoms with Gasteiger partial charge in [0.05, 0.1) is 52.3 Å². The lowest BCUT2D eigenvalue weighted by Gasteiger charge is -2.33. The molecular formula is C42H32N2O5S. The molecule has 0 amide bonds. The van der Waals surface area contributed by atoms with Crippen LogP contribution in [0.5, 0.6) is 23.0 Å². The maximum atomic E-state index is 13.4. The van der Waals surface area contributed by atoms with Crippen LogP contribution in [-0.4, -0.2) is 27.6 Å². The van der Waals surface area contributed by atoms with E-state index in [1.54, 1.807) is 56.7 Å². The van der Waals surface area contributed by atoms with Gasteiger partial charge in [-0.15, -0.1) is 0 Å². The first-order valence-electron chi connectivity index (χ1n) is 16.1. The third-order valence-electron chi connectivity index (χ3n) is 9.00. The zero-order valence-electron chi connectivity index (χ0n) is 27.6. The van der Waals surface area contributed by atoms with Gasteiger partial charge in [-0.3, -0.25) is 0 Å². The molecule has 7 nitrogen and oxygen atoms in total. The van der Waals surface area contributed by atoms with Gasteiger partial charge in [-0.25, -0.2) is 13.4 Å². The second-order valence-corrected chi connectivity index (χ2v) is 13.9. The van der Waals surface area contributed by atoms with E-state index in [4.69, 9.17) is 19.2 Å². The van der Waals surface area contributed by atoms with Crippen LogP contribution in [0.15, 0.2) is 149 Å². The number of aromatic nitrogens is 1. The van der Waals surface area contributed by atoms with Gasteiger partial charge in [0.1, 0.15) is 11.5 Å². The van der Waals surface area contributed by atoms with Gasteiger partial charge in [-0.05, 0) is 96.4 Å². The number of hydrogen-bond donors (Lipinski definition) is 0. The lowest BCUT2D eigenvalue weighted by Crippen LogP contribution is -2.16. The maximum absolute atomic E-state index is 13.4. The first-order chi connectivity index (χ1) is 24.4. The number of aryl methyl sites for hydroxylation is 1. The summed E-state index contributed by atoms with van der Waals surface area (Å²) in [4.78, 5) is 8.01. The molecule has 246 valence electrons. The molecule has 1 aliphatic heterocycles. The number of para-hydroxylation sites is 4. The summed E-state index contributed by atoms with van der Waals surface area (Å²) in [5.74, 6) is 2.80. The normalized spacial score (nSPS) is 12.2. The molecule has 0 saturated carbocycles. The van der Waals surface area contributed by atoms with Crippen molar-refractivity contribution in [3.8, 4) is 45.4 Å². The molecular weight excluding hydrogens is 645 g/mol. The zero-order valence-corrected chi connectivity index (χ0v) is 28.4. The molecule has 0 radical (unpaired) electrons. The van der Waals surface area contributed by atoms with Gasteiger partial charge >= 0.3 is 0 Å². The number of nitrogens with zero attached hydrogens (tertiary/aromatic N) is 2. The van der Waals surface area contributed by atoms with Crippen molar-refractivity contribution in [2.75, 3.05) is 19.1 Å².